The van der Waals surface area contributed by atoms with Crippen LogP contribution in [0, 0.1) is 5.95 Å². The molecule has 3 aliphatic rings. The summed E-state index contributed by atoms with van der Waals surface area (Å²) in [5.41, 5.74) is 0.781. The number of carbonyl (C=O) groups excluding carboxylic acids is 3. The molecule has 2 aliphatic heterocycles. The number of aromatic nitrogens is 1. The van der Waals surface area contributed by atoms with E-state index in [0.29, 0.717) is 5.56 Å². The lowest BCUT2D eigenvalue weighted by Gasteiger charge is -2.35. The number of nitrogens with one attached hydrogen (secondary N) is 1. The average molecular weight is 544 g/mol. The Kier molecular flexibility index (Phi) is 7.28. The molecule has 0 radical (unpaired) electrons. The minimum atomic E-state index is -2.82. The first-order valence-corrected chi connectivity index (χ1v) is 12.5. The lowest BCUT2D eigenvalue weighted by molar-refractivity contribution is -0.138. The van der Waals surface area contributed by atoms with Gasteiger partial charge in [0.15, 0.2) is 0 Å². The molecule has 204 valence electrons. The standard InChI is InChI=1S/C27H25F4N5O3/c28-17-8-21(36(14-17)23(38)9-18-12-33-22(37)13-32-18)26(39)35-24(15-4-2-1-3-5-15)20-7-6-19(25(29)34-20)16-10-27(30,31)11-16/h1-7,12-13,16-18,21,24H,8-11,14H2,(H,35,39)/t17-,18?,21+,24+/m1/s1. The molecular formula is C27H25F4N5O3. The van der Waals surface area contributed by atoms with Crippen LogP contribution in [0.4, 0.5) is 17.6 Å². The number of halogens is 4. The van der Waals surface area contributed by atoms with Crippen LogP contribution in [0.2, 0.25) is 0 Å². The van der Waals surface area contributed by atoms with Crippen LogP contribution >= 0.6 is 0 Å². The van der Waals surface area contributed by atoms with Crippen LogP contribution in [0.1, 0.15) is 54.5 Å². The van der Waals surface area contributed by atoms with Crippen molar-refractivity contribution >= 4 is 30.2 Å². The molecule has 8 nitrogen and oxygen atoms in total. The van der Waals surface area contributed by atoms with Gasteiger partial charge in [0.25, 0.3) is 5.91 Å². The first-order valence-electron chi connectivity index (χ1n) is 12.5. The van der Waals surface area contributed by atoms with Crippen LogP contribution in [0.15, 0.2) is 52.4 Å². The predicted molar refractivity (Wildman–Crippen MR) is 133 cm³/mol. The monoisotopic (exact) mass is 543 g/mol. The van der Waals surface area contributed by atoms with Gasteiger partial charge in [-0.25, -0.2) is 23.1 Å². The van der Waals surface area contributed by atoms with Gasteiger partial charge in [-0.3, -0.25) is 19.4 Å². The van der Waals surface area contributed by atoms with E-state index in [2.05, 4.69) is 20.3 Å². The Bertz CT molecular complexity index is 1310. The van der Waals surface area contributed by atoms with E-state index in [1.807, 2.05) is 0 Å². The van der Waals surface area contributed by atoms with Crippen molar-refractivity contribution in [2.45, 2.75) is 61.8 Å². The fourth-order valence-corrected chi connectivity index (χ4v) is 5.12. The van der Waals surface area contributed by atoms with Gasteiger partial charge in [0, 0.05) is 31.0 Å². The van der Waals surface area contributed by atoms with Crippen LogP contribution in [0.3, 0.4) is 0 Å². The third-order valence-corrected chi connectivity index (χ3v) is 7.15. The molecule has 3 heterocycles. The molecule has 39 heavy (non-hydrogen) atoms. The number of alkyl halides is 3. The van der Waals surface area contributed by atoms with Crippen molar-refractivity contribution in [2.75, 3.05) is 6.54 Å². The van der Waals surface area contributed by atoms with Gasteiger partial charge in [0.05, 0.1) is 37.0 Å². The molecule has 4 atom stereocenters. The van der Waals surface area contributed by atoms with E-state index in [0.717, 1.165) is 11.1 Å². The van der Waals surface area contributed by atoms with Crippen molar-refractivity contribution in [3.63, 3.8) is 0 Å². The summed E-state index contributed by atoms with van der Waals surface area (Å²) in [6.07, 6.45) is -0.514. The molecule has 0 spiro atoms. The first-order chi connectivity index (χ1) is 18.6. The minimum Gasteiger partial charge on any atom is -0.342 e. The van der Waals surface area contributed by atoms with Crippen molar-refractivity contribution in [3.05, 3.63) is 65.2 Å². The highest BCUT2D eigenvalue weighted by Gasteiger charge is 2.47. The van der Waals surface area contributed by atoms with Crippen LogP contribution < -0.4 is 5.32 Å². The van der Waals surface area contributed by atoms with Crippen LogP contribution in [-0.2, 0) is 14.4 Å². The summed E-state index contributed by atoms with van der Waals surface area (Å²) in [7, 11) is 0. The molecule has 1 aliphatic carbocycles. The van der Waals surface area contributed by atoms with E-state index >= 15 is 0 Å². The van der Waals surface area contributed by atoms with Crippen molar-refractivity contribution in [3.8, 4) is 0 Å². The molecule has 2 fully saturated rings. The van der Waals surface area contributed by atoms with Crippen LogP contribution in [0.5, 0.6) is 0 Å². The lowest BCUT2D eigenvalue weighted by Crippen LogP contribution is -2.47. The highest BCUT2D eigenvalue weighted by Crippen LogP contribution is 2.48. The van der Waals surface area contributed by atoms with Crippen LogP contribution in [0.25, 0.3) is 0 Å². The third kappa shape index (κ3) is 5.89. The summed E-state index contributed by atoms with van der Waals surface area (Å²) in [5, 5.41) is 2.77. The number of rotatable bonds is 7. The zero-order chi connectivity index (χ0) is 27.7. The minimum absolute atomic E-state index is 0.0891. The van der Waals surface area contributed by atoms with Gasteiger partial charge >= 0.3 is 0 Å². The zero-order valence-corrected chi connectivity index (χ0v) is 20.6. The summed E-state index contributed by atoms with van der Waals surface area (Å²) < 4.78 is 56.0. The molecule has 1 aromatic carbocycles. The number of hydrogen-bond donors (Lipinski definition) is 1. The Labute approximate surface area is 221 Å². The number of aliphatic imine (C=N–C) groups is 2. The molecule has 0 bridgehead atoms. The molecule has 2 aromatic rings. The van der Waals surface area contributed by atoms with Crippen molar-refractivity contribution in [1.82, 2.24) is 15.2 Å². The average Bonchev–Trinajstić information content (AvgIpc) is 3.29. The van der Waals surface area contributed by atoms with Gasteiger partial charge in [0.1, 0.15) is 12.2 Å². The number of likely N-dealkylation sites (tertiary alicyclic amines) is 1. The van der Waals surface area contributed by atoms with E-state index in [-0.39, 0.29) is 30.6 Å². The predicted octanol–water partition coefficient (Wildman–Crippen LogP) is 3.32. The second-order valence-electron chi connectivity index (χ2n) is 9.99. The fraction of sp³-hybridized carbons (Fsp3) is 0.407. The van der Waals surface area contributed by atoms with E-state index in [4.69, 9.17) is 0 Å². The summed E-state index contributed by atoms with van der Waals surface area (Å²) in [5.74, 6) is -6.07. The Balaban J connectivity index is 1.35. The second-order valence-corrected chi connectivity index (χ2v) is 9.99. The smallest absolute Gasteiger partial charge is 0.287 e. The van der Waals surface area contributed by atoms with Crippen molar-refractivity contribution < 1.29 is 31.9 Å². The molecule has 1 unspecified atom stereocenters. The normalized spacial score (nSPS) is 24.9. The quantitative estimate of drug-likeness (QED) is 0.428. The molecule has 3 amide bonds. The number of hydrogen-bond acceptors (Lipinski definition) is 5. The SMILES string of the molecule is O=C1C=NC(CC(=O)N2C[C@H](F)C[C@H]2C(=O)N[C@@H](c2ccccc2)c2ccc(C3CC(F)(F)C3)c(F)n2)C=N1. The number of pyridine rings is 1. The van der Waals surface area contributed by atoms with E-state index in [1.54, 1.807) is 30.3 Å². The topological polar surface area (TPSA) is 104 Å². The highest BCUT2D eigenvalue weighted by atomic mass is 19.3. The van der Waals surface area contributed by atoms with E-state index in [9.17, 15) is 31.9 Å². The number of nitrogens with zero attached hydrogens (tertiary/aromatic N) is 4. The maximum Gasteiger partial charge on any atom is 0.287 e. The van der Waals surface area contributed by atoms with Gasteiger partial charge in [0.2, 0.25) is 23.7 Å². The number of carbonyl (C=O) groups is 3. The Morgan fingerprint density at radius 2 is 1.87 bits per heavy atom. The van der Waals surface area contributed by atoms with Gasteiger partial charge in [-0.05, 0) is 17.5 Å². The second kappa shape index (κ2) is 10.7. The van der Waals surface area contributed by atoms with Gasteiger partial charge in [-0.15, -0.1) is 0 Å². The fourth-order valence-electron chi connectivity index (χ4n) is 5.12. The van der Waals surface area contributed by atoms with Gasteiger partial charge < -0.3 is 10.2 Å². The lowest BCUT2D eigenvalue weighted by atomic mass is 9.77. The Morgan fingerprint density at radius 1 is 1.13 bits per heavy atom. The van der Waals surface area contributed by atoms with Crippen molar-refractivity contribution in [2.24, 2.45) is 9.98 Å². The number of benzene rings is 1. The molecule has 1 saturated heterocycles. The van der Waals surface area contributed by atoms with E-state index in [1.165, 1.54) is 18.3 Å². The molecule has 1 saturated carbocycles. The van der Waals surface area contributed by atoms with Gasteiger partial charge in [-0.2, -0.15) is 4.39 Å². The van der Waals surface area contributed by atoms with Crippen LogP contribution in [-0.4, -0.2) is 70.8 Å². The van der Waals surface area contributed by atoms with Crippen molar-refractivity contribution in [1.29, 1.82) is 0 Å². The summed E-state index contributed by atoms with van der Waals surface area (Å²) >= 11 is 0. The molecule has 5 rings (SSSR count). The Morgan fingerprint density at radius 3 is 2.51 bits per heavy atom. The summed E-state index contributed by atoms with van der Waals surface area (Å²) in [6, 6.07) is 8.69. The molecule has 1 aromatic heterocycles. The molecule has 12 heteroatoms. The Hall–Kier alpha value is -3.96. The third-order valence-electron chi connectivity index (χ3n) is 7.15. The molecular weight excluding hydrogens is 518 g/mol. The maximum atomic E-state index is 14.9. The number of amides is 3. The summed E-state index contributed by atoms with van der Waals surface area (Å²) in [4.78, 5) is 50.2. The van der Waals surface area contributed by atoms with E-state index < -0.39 is 72.6 Å². The maximum absolute atomic E-state index is 14.9. The summed E-state index contributed by atoms with van der Waals surface area (Å²) in [6.45, 7) is -0.285. The zero-order valence-electron chi connectivity index (χ0n) is 20.6. The largest absolute Gasteiger partial charge is 0.342 e. The first kappa shape index (κ1) is 26.6. The highest BCUT2D eigenvalue weighted by molar-refractivity contribution is 6.29. The van der Waals surface area contributed by atoms with Gasteiger partial charge in [-0.1, -0.05) is 36.4 Å². The molecule has 1 N–H and O–H groups in total.